The molecule has 1 aromatic carbocycles. The highest BCUT2D eigenvalue weighted by atomic mass is 127. The van der Waals surface area contributed by atoms with Crippen molar-refractivity contribution in [3.63, 3.8) is 0 Å². The van der Waals surface area contributed by atoms with Gasteiger partial charge in [-0.3, -0.25) is 0 Å². The zero-order valence-electron chi connectivity index (χ0n) is 10.0. The molecule has 1 unspecified atom stereocenters. The first-order valence-corrected chi connectivity index (χ1v) is 9.93. The van der Waals surface area contributed by atoms with Crippen LogP contribution < -0.4 is 5.32 Å². The molecule has 0 saturated carbocycles. The molecule has 0 saturated heterocycles. The molecule has 6 heteroatoms. The minimum atomic E-state index is 0.210. The van der Waals surface area contributed by atoms with Gasteiger partial charge in [0.05, 0.1) is 9.83 Å². The Labute approximate surface area is 156 Å². The molecule has 0 spiro atoms. The minimum absolute atomic E-state index is 0.210. The van der Waals surface area contributed by atoms with Gasteiger partial charge < -0.3 is 5.32 Å². The summed E-state index contributed by atoms with van der Waals surface area (Å²) < 4.78 is 4.62. The van der Waals surface area contributed by atoms with Crippen LogP contribution in [0.5, 0.6) is 0 Å². The van der Waals surface area contributed by atoms with Gasteiger partial charge in [0, 0.05) is 17.4 Å². The van der Waals surface area contributed by atoms with E-state index in [0.717, 1.165) is 19.3 Å². The number of nitrogens with one attached hydrogen (secondary N) is 1. The van der Waals surface area contributed by atoms with Crippen LogP contribution in [0.25, 0.3) is 0 Å². The van der Waals surface area contributed by atoms with Gasteiger partial charge in [0.2, 0.25) is 0 Å². The summed E-state index contributed by atoms with van der Waals surface area (Å²) in [6.07, 6.45) is 0. The van der Waals surface area contributed by atoms with E-state index in [1.54, 1.807) is 11.3 Å². The van der Waals surface area contributed by atoms with Crippen LogP contribution in [0.2, 0.25) is 0 Å². The van der Waals surface area contributed by atoms with Gasteiger partial charge in [0.15, 0.2) is 0 Å². The summed E-state index contributed by atoms with van der Waals surface area (Å²) in [4.78, 5) is 1.29. The van der Waals surface area contributed by atoms with Crippen LogP contribution in [-0.4, -0.2) is 6.54 Å². The van der Waals surface area contributed by atoms with Crippen LogP contribution in [0.4, 0.5) is 0 Å². The quantitative estimate of drug-likeness (QED) is 0.417. The highest BCUT2D eigenvalue weighted by Gasteiger charge is 2.19. The molecule has 1 aromatic heterocycles. The van der Waals surface area contributed by atoms with Gasteiger partial charge in [-0.2, -0.15) is 0 Å². The van der Waals surface area contributed by atoms with Crippen LogP contribution >= 0.6 is 81.7 Å². The number of halogens is 4. The molecule has 0 radical (unpaired) electrons. The van der Waals surface area contributed by atoms with Gasteiger partial charge >= 0.3 is 0 Å². The van der Waals surface area contributed by atoms with E-state index in [1.807, 2.05) is 0 Å². The summed E-state index contributed by atoms with van der Waals surface area (Å²) in [6, 6.07) is 8.83. The van der Waals surface area contributed by atoms with Crippen molar-refractivity contribution in [3.8, 4) is 0 Å². The third kappa shape index (κ3) is 4.03. The van der Waals surface area contributed by atoms with E-state index in [1.165, 1.54) is 14.0 Å². The van der Waals surface area contributed by atoms with Gasteiger partial charge in [-0.25, -0.2) is 0 Å². The molecule has 0 bridgehead atoms. The molecular weight excluding hydrogens is 569 g/mol. The molecule has 0 aliphatic carbocycles. The van der Waals surface area contributed by atoms with Crippen LogP contribution in [0.3, 0.4) is 0 Å². The Morgan fingerprint density at radius 2 is 1.95 bits per heavy atom. The molecule has 102 valence electrons. The molecule has 1 nitrogen and oxygen atoms in total. The van der Waals surface area contributed by atoms with E-state index < -0.39 is 0 Å². The lowest BCUT2D eigenvalue weighted by Gasteiger charge is -2.18. The number of hydrogen-bond acceptors (Lipinski definition) is 2. The molecular formula is C13H11Br3INS. The molecule has 2 aromatic rings. The van der Waals surface area contributed by atoms with Crippen molar-refractivity contribution in [2.45, 2.75) is 13.0 Å². The second-order valence-corrected chi connectivity index (χ2v) is 9.28. The summed E-state index contributed by atoms with van der Waals surface area (Å²) in [7, 11) is 0. The third-order valence-electron chi connectivity index (χ3n) is 2.63. The Bertz CT molecular complexity index is 566. The van der Waals surface area contributed by atoms with Crippen LogP contribution in [0, 0.1) is 3.57 Å². The van der Waals surface area contributed by atoms with Gasteiger partial charge in [0.25, 0.3) is 0 Å². The number of thiophene rings is 1. The Kier molecular flexibility index (Phi) is 6.36. The highest BCUT2D eigenvalue weighted by molar-refractivity contribution is 14.1. The molecule has 19 heavy (non-hydrogen) atoms. The van der Waals surface area contributed by atoms with Gasteiger partial charge in [-0.1, -0.05) is 22.9 Å². The first kappa shape index (κ1) is 16.4. The fraction of sp³-hybridized carbons (Fsp3) is 0.231. The lowest BCUT2D eigenvalue weighted by atomic mass is 10.1. The number of rotatable bonds is 4. The summed E-state index contributed by atoms with van der Waals surface area (Å²) in [5.74, 6) is 0. The van der Waals surface area contributed by atoms with Gasteiger partial charge in [-0.05, 0) is 90.8 Å². The second-order valence-electron chi connectivity index (χ2n) is 3.93. The Morgan fingerprint density at radius 1 is 1.21 bits per heavy atom. The third-order valence-corrected chi connectivity index (χ3v) is 7.34. The second kappa shape index (κ2) is 7.35. The maximum absolute atomic E-state index is 3.66. The maximum atomic E-state index is 3.66. The smallest absolute Gasteiger partial charge is 0.0843 e. The van der Waals surface area contributed by atoms with Crippen LogP contribution in [0.1, 0.15) is 23.4 Å². The Morgan fingerprint density at radius 3 is 2.53 bits per heavy atom. The van der Waals surface area contributed by atoms with E-state index in [4.69, 9.17) is 0 Å². The van der Waals surface area contributed by atoms with Crippen molar-refractivity contribution in [2.75, 3.05) is 6.54 Å². The number of hydrogen-bond donors (Lipinski definition) is 1. The first-order valence-electron chi connectivity index (χ1n) is 5.66. The van der Waals surface area contributed by atoms with Crippen LogP contribution in [0.15, 0.2) is 37.0 Å². The minimum Gasteiger partial charge on any atom is -0.306 e. The average Bonchev–Trinajstić information content (AvgIpc) is 2.70. The molecule has 1 heterocycles. The van der Waals surface area contributed by atoms with Crippen molar-refractivity contribution in [3.05, 3.63) is 51.0 Å². The predicted molar refractivity (Wildman–Crippen MR) is 102 cm³/mol. The molecule has 2 rings (SSSR count). The van der Waals surface area contributed by atoms with Gasteiger partial charge in [0.1, 0.15) is 0 Å². The summed E-state index contributed by atoms with van der Waals surface area (Å²) in [5.41, 5.74) is 1.27. The lowest BCUT2D eigenvalue weighted by Crippen LogP contribution is -2.21. The van der Waals surface area contributed by atoms with E-state index in [9.17, 15) is 0 Å². The normalized spacial score (nSPS) is 12.7. The first-order chi connectivity index (χ1) is 9.02. The zero-order chi connectivity index (χ0) is 14.0. The van der Waals surface area contributed by atoms with Crippen molar-refractivity contribution < 1.29 is 0 Å². The Balaban J connectivity index is 2.47. The topological polar surface area (TPSA) is 12.0 Å². The van der Waals surface area contributed by atoms with Crippen molar-refractivity contribution in [2.24, 2.45) is 0 Å². The van der Waals surface area contributed by atoms with Gasteiger partial charge in [-0.15, -0.1) is 11.3 Å². The summed E-state index contributed by atoms with van der Waals surface area (Å²) in [5, 5.41) is 3.56. The van der Waals surface area contributed by atoms with E-state index in [-0.39, 0.29) is 6.04 Å². The van der Waals surface area contributed by atoms with Crippen molar-refractivity contribution in [1.29, 1.82) is 0 Å². The number of benzene rings is 1. The molecule has 1 atom stereocenters. The maximum Gasteiger partial charge on any atom is 0.0843 e. The molecule has 0 amide bonds. The fourth-order valence-corrected chi connectivity index (χ4v) is 4.98. The highest BCUT2D eigenvalue weighted by Crippen LogP contribution is 2.39. The predicted octanol–water partition coefficient (Wildman–Crippen LogP) is 6.34. The van der Waals surface area contributed by atoms with Crippen molar-refractivity contribution in [1.82, 2.24) is 5.32 Å². The molecule has 0 aliphatic heterocycles. The molecule has 1 N–H and O–H groups in total. The standard InChI is InChI=1S/C13H11Br3INS/c1-2-18-12(11-6-10(15)13(16)19-11)8-5-7(17)3-4-9(8)14/h3-6,12,18H,2H2,1H3. The van der Waals surface area contributed by atoms with E-state index >= 15 is 0 Å². The average molecular weight is 580 g/mol. The Hall–Kier alpha value is 1.05. The zero-order valence-corrected chi connectivity index (χ0v) is 17.7. The fourth-order valence-electron chi connectivity index (χ4n) is 1.81. The summed E-state index contributed by atoms with van der Waals surface area (Å²) >= 11 is 14.9. The van der Waals surface area contributed by atoms with E-state index in [0.29, 0.717) is 0 Å². The van der Waals surface area contributed by atoms with Crippen molar-refractivity contribution >= 4 is 81.7 Å². The summed E-state index contributed by atoms with van der Waals surface area (Å²) in [6.45, 7) is 3.06. The largest absolute Gasteiger partial charge is 0.306 e. The van der Waals surface area contributed by atoms with E-state index in [2.05, 4.69) is 107 Å². The lowest BCUT2D eigenvalue weighted by molar-refractivity contribution is 0.637. The SMILES string of the molecule is CCNC(c1cc(Br)c(Br)s1)c1cc(I)ccc1Br. The van der Waals surface area contributed by atoms with Crippen LogP contribution in [-0.2, 0) is 0 Å². The monoisotopic (exact) mass is 577 g/mol. The molecule has 0 fully saturated rings. The molecule has 0 aliphatic rings.